The molecule has 1 aromatic heterocycles. The molecule has 0 aliphatic carbocycles. The van der Waals surface area contributed by atoms with Crippen molar-refractivity contribution >= 4 is 5.91 Å². The Balaban J connectivity index is 1.95. The number of carbonyl (C=O) groups is 1. The molecule has 0 saturated carbocycles. The highest BCUT2D eigenvalue weighted by molar-refractivity contribution is 5.96. The lowest BCUT2D eigenvalue weighted by molar-refractivity contribution is 0.0939. The highest BCUT2D eigenvalue weighted by Crippen LogP contribution is 2.30. The van der Waals surface area contributed by atoms with Crippen LogP contribution in [0.5, 0.6) is 5.75 Å². The Morgan fingerprint density at radius 1 is 1.19 bits per heavy atom. The molecular weight excluding hydrogens is 390 g/mol. The molecule has 0 fully saturated rings. The molecule has 0 saturated heterocycles. The minimum absolute atomic E-state index is 0.106. The van der Waals surface area contributed by atoms with E-state index in [1.54, 1.807) is 24.4 Å². The van der Waals surface area contributed by atoms with Gasteiger partial charge >= 0.3 is 0 Å². The van der Waals surface area contributed by atoms with Crippen LogP contribution >= 0.6 is 0 Å². The fraction of sp³-hybridized carbons (Fsp3) is 0.240. The van der Waals surface area contributed by atoms with Crippen LogP contribution in [0.2, 0.25) is 0 Å². The third kappa shape index (κ3) is 5.47. The number of nitrogens with zero attached hydrogens (tertiary/aromatic N) is 2. The van der Waals surface area contributed by atoms with E-state index < -0.39 is 0 Å². The van der Waals surface area contributed by atoms with Gasteiger partial charge in [-0.15, -0.1) is 0 Å². The third-order valence-electron chi connectivity index (χ3n) is 4.92. The monoisotopic (exact) mass is 415 g/mol. The average Bonchev–Trinajstić information content (AvgIpc) is 2.77. The zero-order chi connectivity index (χ0) is 22.4. The van der Waals surface area contributed by atoms with Gasteiger partial charge in [-0.2, -0.15) is 5.26 Å². The van der Waals surface area contributed by atoms with E-state index in [4.69, 9.17) is 9.84 Å². The quantitative estimate of drug-likeness (QED) is 0.606. The van der Waals surface area contributed by atoms with Crippen molar-refractivity contribution in [2.45, 2.75) is 26.8 Å². The van der Waals surface area contributed by atoms with Crippen LogP contribution in [0.15, 0.2) is 54.7 Å². The van der Waals surface area contributed by atoms with E-state index in [0.717, 1.165) is 16.8 Å². The highest BCUT2D eigenvalue weighted by atomic mass is 16.5. The van der Waals surface area contributed by atoms with Gasteiger partial charge in [0.2, 0.25) is 0 Å². The predicted molar refractivity (Wildman–Crippen MR) is 119 cm³/mol. The van der Waals surface area contributed by atoms with Gasteiger partial charge in [0, 0.05) is 17.5 Å². The number of rotatable bonds is 7. The number of aromatic nitrogens is 1. The van der Waals surface area contributed by atoms with Crippen LogP contribution in [0.3, 0.4) is 0 Å². The van der Waals surface area contributed by atoms with Crippen molar-refractivity contribution in [2.75, 3.05) is 13.2 Å². The predicted octanol–water partition coefficient (Wildman–Crippen LogP) is 4.10. The number of aryl methyl sites for hydroxylation is 2. The van der Waals surface area contributed by atoms with Gasteiger partial charge in [0.25, 0.3) is 5.91 Å². The molecule has 0 spiro atoms. The Hall–Kier alpha value is -3.69. The van der Waals surface area contributed by atoms with E-state index >= 15 is 0 Å². The number of aliphatic hydroxyl groups is 1. The van der Waals surface area contributed by atoms with Crippen LogP contribution in [-0.4, -0.2) is 29.2 Å². The number of hydrogen-bond acceptors (Lipinski definition) is 5. The van der Waals surface area contributed by atoms with Crippen LogP contribution in [0, 0.1) is 25.2 Å². The van der Waals surface area contributed by atoms with E-state index in [2.05, 4.69) is 16.4 Å². The molecule has 2 N–H and O–H groups in total. The first-order valence-electron chi connectivity index (χ1n) is 10.0. The summed E-state index contributed by atoms with van der Waals surface area (Å²) in [5.41, 5.74) is 5.12. The summed E-state index contributed by atoms with van der Waals surface area (Å²) in [4.78, 5) is 17.3. The maximum atomic E-state index is 13.0. The molecule has 0 radical (unpaired) electrons. The number of aliphatic hydroxyl groups excluding tert-OH is 1. The molecule has 0 bridgehead atoms. The standard InChI is InChI=1S/C25H25N3O3/c1-16-4-7-24(22(10-16)14-26)20-11-21(13-23(12-20)31-9-8-29)25(30)28-18(3)19-6-5-17(2)27-15-19/h4-7,10-13,15,18,29H,8-9H2,1-3H3,(H,28,30)/t18-/m1/s1. The van der Waals surface area contributed by atoms with E-state index in [-0.39, 0.29) is 25.2 Å². The first-order valence-corrected chi connectivity index (χ1v) is 10.0. The molecule has 0 aliphatic rings. The molecule has 158 valence electrons. The van der Waals surface area contributed by atoms with Crippen LogP contribution in [-0.2, 0) is 0 Å². The summed E-state index contributed by atoms with van der Waals surface area (Å²) in [6, 6.07) is 16.6. The van der Waals surface area contributed by atoms with Crippen molar-refractivity contribution in [1.82, 2.24) is 10.3 Å². The molecule has 3 rings (SSSR count). The van der Waals surface area contributed by atoms with Gasteiger partial charge in [-0.25, -0.2) is 0 Å². The minimum Gasteiger partial charge on any atom is -0.491 e. The first-order chi connectivity index (χ1) is 14.9. The van der Waals surface area contributed by atoms with Crippen LogP contribution in [0.4, 0.5) is 0 Å². The number of nitrogens with one attached hydrogen (secondary N) is 1. The molecular formula is C25H25N3O3. The number of hydrogen-bond donors (Lipinski definition) is 2. The number of ether oxygens (including phenoxy) is 1. The van der Waals surface area contributed by atoms with Gasteiger partial charge in [0.15, 0.2) is 0 Å². The maximum Gasteiger partial charge on any atom is 0.251 e. The number of benzene rings is 2. The number of nitriles is 1. The second-order valence-corrected chi connectivity index (χ2v) is 7.41. The zero-order valence-corrected chi connectivity index (χ0v) is 17.8. The third-order valence-corrected chi connectivity index (χ3v) is 4.92. The molecule has 0 unspecified atom stereocenters. The van der Waals surface area contributed by atoms with Crippen molar-refractivity contribution in [1.29, 1.82) is 5.26 Å². The molecule has 6 nitrogen and oxygen atoms in total. The van der Waals surface area contributed by atoms with Gasteiger partial charge in [-0.1, -0.05) is 18.2 Å². The Bertz CT molecular complexity index is 1120. The van der Waals surface area contributed by atoms with E-state index in [9.17, 15) is 10.1 Å². The van der Waals surface area contributed by atoms with Crippen molar-refractivity contribution in [3.63, 3.8) is 0 Å². The van der Waals surface area contributed by atoms with E-state index in [0.29, 0.717) is 28.0 Å². The normalized spacial score (nSPS) is 11.5. The summed E-state index contributed by atoms with van der Waals surface area (Å²) in [5.74, 6) is 0.181. The van der Waals surface area contributed by atoms with E-state index in [1.165, 1.54) is 0 Å². The molecule has 1 amide bonds. The van der Waals surface area contributed by atoms with Crippen molar-refractivity contribution < 1.29 is 14.6 Å². The van der Waals surface area contributed by atoms with Gasteiger partial charge in [-0.05, 0) is 73.4 Å². The largest absolute Gasteiger partial charge is 0.491 e. The summed E-state index contributed by atoms with van der Waals surface area (Å²) >= 11 is 0. The minimum atomic E-state index is -0.269. The lowest BCUT2D eigenvalue weighted by atomic mass is 9.96. The van der Waals surface area contributed by atoms with E-state index in [1.807, 2.05) is 51.1 Å². The zero-order valence-electron chi connectivity index (χ0n) is 17.8. The summed E-state index contributed by atoms with van der Waals surface area (Å²) in [6.45, 7) is 5.69. The molecule has 2 aromatic carbocycles. The Kier molecular flexibility index (Phi) is 7.01. The molecule has 3 aromatic rings. The Morgan fingerprint density at radius 3 is 2.68 bits per heavy atom. The second-order valence-electron chi connectivity index (χ2n) is 7.41. The number of pyridine rings is 1. The average molecular weight is 415 g/mol. The summed E-state index contributed by atoms with van der Waals surface area (Å²) in [6.07, 6.45) is 1.75. The van der Waals surface area contributed by atoms with Gasteiger partial charge in [0.05, 0.1) is 24.3 Å². The van der Waals surface area contributed by atoms with Crippen molar-refractivity contribution in [2.24, 2.45) is 0 Å². The van der Waals surface area contributed by atoms with Crippen molar-refractivity contribution in [3.8, 4) is 22.9 Å². The van der Waals surface area contributed by atoms with Gasteiger partial charge < -0.3 is 15.2 Å². The van der Waals surface area contributed by atoms with Crippen LogP contribution < -0.4 is 10.1 Å². The molecule has 1 atom stereocenters. The smallest absolute Gasteiger partial charge is 0.251 e. The Morgan fingerprint density at radius 2 is 2.00 bits per heavy atom. The molecule has 0 aliphatic heterocycles. The van der Waals surface area contributed by atoms with Crippen LogP contribution in [0.1, 0.15) is 45.7 Å². The second kappa shape index (κ2) is 9.88. The fourth-order valence-electron chi connectivity index (χ4n) is 3.23. The lowest BCUT2D eigenvalue weighted by Crippen LogP contribution is -2.26. The Labute approximate surface area is 182 Å². The van der Waals surface area contributed by atoms with Crippen LogP contribution in [0.25, 0.3) is 11.1 Å². The topological polar surface area (TPSA) is 95.2 Å². The van der Waals surface area contributed by atoms with Crippen molar-refractivity contribution in [3.05, 3.63) is 82.7 Å². The maximum absolute atomic E-state index is 13.0. The highest BCUT2D eigenvalue weighted by Gasteiger charge is 2.16. The SMILES string of the molecule is Cc1ccc(-c2cc(OCCO)cc(C(=O)N[C@H](C)c3ccc(C)nc3)c2)c(C#N)c1. The summed E-state index contributed by atoms with van der Waals surface area (Å²) in [7, 11) is 0. The summed E-state index contributed by atoms with van der Waals surface area (Å²) in [5, 5.41) is 21.7. The lowest BCUT2D eigenvalue weighted by Gasteiger charge is -2.16. The summed E-state index contributed by atoms with van der Waals surface area (Å²) < 4.78 is 5.59. The van der Waals surface area contributed by atoms with Gasteiger partial charge in [0.1, 0.15) is 12.4 Å². The molecule has 1 heterocycles. The fourth-order valence-corrected chi connectivity index (χ4v) is 3.23. The first kappa shape index (κ1) is 22.0. The number of amides is 1. The number of carbonyl (C=O) groups excluding carboxylic acids is 1. The van der Waals surface area contributed by atoms with Gasteiger partial charge in [-0.3, -0.25) is 9.78 Å². The molecule has 31 heavy (non-hydrogen) atoms. The molecule has 6 heteroatoms.